The lowest BCUT2D eigenvalue weighted by Gasteiger charge is -2.27. The third-order valence-electron chi connectivity index (χ3n) is 3.81. The third kappa shape index (κ3) is 3.44. The Hall–Kier alpha value is -1.93. The molecule has 1 aliphatic heterocycles. The largest absolute Gasteiger partial charge is 0.449 e. The summed E-state index contributed by atoms with van der Waals surface area (Å²) in [5, 5.41) is -0.000701. The number of benzene rings is 1. The first-order chi connectivity index (χ1) is 11.2. The summed E-state index contributed by atoms with van der Waals surface area (Å²) in [5.74, 6) is -1.80. The monoisotopic (exact) mass is 361 g/mol. The third-order valence-corrected chi connectivity index (χ3v) is 4.10. The van der Waals surface area contributed by atoms with Crippen molar-refractivity contribution >= 4 is 11.6 Å². The summed E-state index contributed by atoms with van der Waals surface area (Å²) >= 11 is 5.73. The summed E-state index contributed by atoms with van der Waals surface area (Å²) in [4.78, 5) is 19.1. The van der Waals surface area contributed by atoms with Crippen molar-refractivity contribution in [3.05, 3.63) is 62.0 Å². The number of aromatic nitrogens is 2. The first-order valence-electron chi connectivity index (χ1n) is 7.09. The second kappa shape index (κ2) is 6.18. The van der Waals surface area contributed by atoms with Crippen LogP contribution < -0.4 is 5.56 Å². The van der Waals surface area contributed by atoms with Crippen LogP contribution in [0.1, 0.15) is 22.6 Å². The van der Waals surface area contributed by atoms with E-state index in [1.54, 1.807) is 11.1 Å². The predicted octanol–water partition coefficient (Wildman–Crippen LogP) is 3.14. The Morgan fingerprint density at radius 1 is 1.33 bits per heavy atom. The molecule has 4 nitrogen and oxygen atoms in total. The molecule has 0 bridgehead atoms. The van der Waals surface area contributed by atoms with Gasteiger partial charge in [0.25, 0.3) is 5.56 Å². The second-order valence-corrected chi connectivity index (χ2v) is 5.95. The number of hydrogen-bond donors (Lipinski definition) is 1. The molecule has 0 saturated carbocycles. The Balaban J connectivity index is 1.82. The van der Waals surface area contributed by atoms with E-state index in [0.717, 1.165) is 5.56 Å². The molecule has 1 aromatic carbocycles. The molecule has 0 aliphatic carbocycles. The number of alkyl halides is 3. The maximum Gasteiger partial charge on any atom is 0.449 e. The summed E-state index contributed by atoms with van der Waals surface area (Å²) in [6.45, 7) is 1.01. The van der Waals surface area contributed by atoms with E-state index >= 15 is 0 Å². The van der Waals surface area contributed by atoms with E-state index in [0.29, 0.717) is 13.1 Å². The first kappa shape index (κ1) is 16.9. The van der Waals surface area contributed by atoms with Crippen molar-refractivity contribution in [2.45, 2.75) is 25.7 Å². The average molecular weight is 362 g/mol. The summed E-state index contributed by atoms with van der Waals surface area (Å²) in [7, 11) is 0. The minimum Gasteiger partial charge on any atom is -0.303 e. The van der Waals surface area contributed by atoms with Crippen molar-refractivity contribution in [3.8, 4) is 0 Å². The molecule has 2 heterocycles. The van der Waals surface area contributed by atoms with Gasteiger partial charge in [0.2, 0.25) is 5.82 Å². The Bertz CT molecular complexity index is 834. The quantitative estimate of drug-likeness (QED) is 0.836. The molecule has 1 N–H and O–H groups in total. The summed E-state index contributed by atoms with van der Waals surface area (Å²) < 4.78 is 51.2. The number of nitrogens with zero attached hydrogens (tertiary/aromatic N) is 2. The van der Waals surface area contributed by atoms with Crippen LogP contribution in [0, 0.1) is 5.82 Å². The van der Waals surface area contributed by atoms with Gasteiger partial charge in [0.1, 0.15) is 5.82 Å². The van der Waals surface area contributed by atoms with Crippen LogP contribution in [0.2, 0.25) is 5.02 Å². The van der Waals surface area contributed by atoms with Gasteiger partial charge >= 0.3 is 6.18 Å². The lowest BCUT2D eigenvalue weighted by Crippen LogP contribution is -2.36. The Morgan fingerprint density at radius 3 is 2.75 bits per heavy atom. The fourth-order valence-electron chi connectivity index (χ4n) is 2.65. The number of rotatable bonds is 2. The van der Waals surface area contributed by atoms with E-state index in [4.69, 9.17) is 11.6 Å². The Morgan fingerprint density at radius 2 is 2.08 bits per heavy atom. The molecular weight excluding hydrogens is 350 g/mol. The summed E-state index contributed by atoms with van der Waals surface area (Å²) in [6, 6.07) is 4.31. The molecule has 0 amide bonds. The molecule has 9 heteroatoms. The first-order valence-corrected chi connectivity index (χ1v) is 7.47. The molecule has 1 aromatic heterocycles. The van der Waals surface area contributed by atoms with Crippen molar-refractivity contribution in [2.24, 2.45) is 0 Å². The minimum atomic E-state index is -4.68. The van der Waals surface area contributed by atoms with Gasteiger partial charge in [-0.05, 0) is 17.7 Å². The number of aromatic amines is 1. The fraction of sp³-hybridized carbons (Fsp3) is 0.333. The molecule has 0 atom stereocenters. The highest BCUT2D eigenvalue weighted by Gasteiger charge is 2.35. The van der Waals surface area contributed by atoms with Gasteiger partial charge in [-0.15, -0.1) is 0 Å². The molecule has 0 spiro atoms. The summed E-state index contributed by atoms with van der Waals surface area (Å²) in [5.41, 5.74) is 0.359. The molecule has 3 rings (SSSR count). The van der Waals surface area contributed by atoms with Gasteiger partial charge in [-0.3, -0.25) is 9.69 Å². The molecule has 128 valence electrons. The van der Waals surface area contributed by atoms with Gasteiger partial charge in [0.05, 0.1) is 16.3 Å². The standard InChI is InChI=1S/C15H12ClF4N3O/c16-10-5-8(1-2-11(10)17)6-23-4-3-12-9(7-23)13(24)22-14(21-12)15(18,19)20/h1-2,5H,3-4,6-7H2,(H,21,22,24). The topological polar surface area (TPSA) is 49.0 Å². The number of halogens is 5. The van der Waals surface area contributed by atoms with Crippen LogP contribution in [0.5, 0.6) is 0 Å². The Labute approximate surface area is 139 Å². The molecule has 2 aromatic rings. The van der Waals surface area contributed by atoms with E-state index in [2.05, 4.69) is 4.98 Å². The zero-order chi connectivity index (χ0) is 17.5. The average Bonchev–Trinajstić information content (AvgIpc) is 2.50. The molecule has 0 radical (unpaired) electrons. The Kier molecular flexibility index (Phi) is 4.35. The number of nitrogens with one attached hydrogen (secondary N) is 1. The molecule has 1 aliphatic rings. The lowest BCUT2D eigenvalue weighted by atomic mass is 10.1. The maximum absolute atomic E-state index is 13.2. The zero-order valence-corrected chi connectivity index (χ0v) is 13.0. The van der Waals surface area contributed by atoms with Crippen LogP contribution >= 0.6 is 11.6 Å². The second-order valence-electron chi connectivity index (χ2n) is 5.55. The van der Waals surface area contributed by atoms with Crippen LogP contribution in [-0.2, 0) is 25.7 Å². The zero-order valence-electron chi connectivity index (χ0n) is 12.3. The number of fused-ring (bicyclic) bond motifs is 1. The van der Waals surface area contributed by atoms with Crippen molar-refractivity contribution in [1.82, 2.24) is 14.9 Å². The van der Waals surface area contributed by atoms with E-state index in [1.165, 1.54) is 12.1 Å². The summed E-state index contributed by atoms with van der Waals surface area (Å²) in [6.07, 6.45) is -4.45. The highest BCUT2D eigenvalue weighted by Crippen LogP contribution is 2.27. The van der Waals surface area contributed by atoms with Crippen LogP contribution in [-0.4, -0.2) is 21.4 Å². The smallest absolute Gasteiger partial charge is 0.303 e. The van der Waals surface area contributed by atoms with Crippen LogP contribution in [0.3, 0.4) is 0 Å². The molecule has 0 unspecified atom stereocenters. The van der Waals surface area contributed by atoms with Gasteiger partial charge in [0, 0.05) is 26.1 Å². The number of H-pyrrole nitrogens is 1. The van der Waals surface area contributed by atoms with E-state index in [-0.39, 0.29) is 29.2 Å². The molecular formula is C15H12ClF4N3O. The van der Waals surface area contributed by atoms with Crippen molar-refractivity contribution in [2.75, 3.05) is 6.54 Å². The highest BCUT2D eigenvalue weighted by atomic mass is 35.5. The number of hydrogen-bond acceptors (Lipinski definition) is 3. The van der Waals surface area contributed by atoms with Crippen LogP contribution in [0.15, 0.2) is 23.0 Å². The van der Waals surface area contributed by atoms with Gasteiger partial charge in [0.15, 0.2) is 0 Å². The van der Waals surface area contributed by atoms with Gasteiger partial charge < -0.3 is 4.98 Å². The maximum atomic E-state index is 13.2. The van der Waals surface area contributed by atoms with Crippen LogP contribution in [0.4, 0.5) is 17.6 Å². The fourth-order valence-corrected chi connectivity index (χ4v) is 2.85. The van der Waals surface area contributed by atoms with Crippen molar-refractivity contribution < 1.29 is 17.6 Å². The van der Waals surface area contributed by atoms with Gasteiger partial charge in [-0.1, -0.05) is 17.7 Å². The van der Waals surface area contributed by atoms with E-state index in [9.17, 15) is 22.4 Å². The highest BCUT2D eigenvalue weighted by molar-refractivity contribution is 6.30. The van der Waals surface area contributed by atoms with Crippen molar-refractivity contribution in [1.29, 1.82) is 0 Å². The van der Waals surface area contributed by atoms with E-state index in [1.807, 2.05) is 4.90 Å². The molecule has 24 heavy (non-hydrogen) atoms. The normalized spacial score (nSPS) is 15.4. The van der Waals surface area contributed by atoms with Crippen LogP contribution in [0.25, 0.3) is 0 Å². The SMILES string of the molecule is O=c1[nH]c(C(F)(F)F)nc2c1CN(Cc1ccc(F)c(Cl)c1)CC2. The van der Waals surface area contributed by atoms with E-state index < -0.39 is 23.4 Å². The van der Waals surface area contributed by atoms with Crippen molar-refractivity contribution in [3.63, 3.8) is 0 Å². The molecule has 0 fully saturated rings. The molecule has 0 saturated heterocycles. The van der Waals surface area contributed by atoms with Gasteiger partial charge in [-0.25, -0.2) is 9.37 Å². The predicted molar refractivity (Wildman–Crippen MR) is 79.1 cm³/mol. The lowest BCUT2D eigenvalue weighted by molar-refractivity contribution is -0.145. The van der Waals surface area contributed by atoms with Gasteiger partial charge in [-0.2, -0.15) is 13.2 Å². The minimum absolute atomic E-state index is 0.000701.